The van der Waals surface area contributed by atoms with E-state index in [-0.39, 0.29) is 54.9 Å². The van der Waals surface area contributed by atoms with Crippen molar-refractivity contribution in [3.8, 4) is 0 Å². The second kappa shape index (κ2) is 12.8. The zero-order chi connectivity index (χ0) is 24.8. The highest BCUT2D eigenvalue weighted by Crippen LogP contribution is 2.34. The van der Waals surface area contributed by atoms with Gasteiger partial charge in [-0.05, 0) is 66.3 Å². The van der Waals surface area contributed by atoms with Crippen molar-refractivity contribution in [2.75, 3.05) is 19.6 Å². The van der Waals surface area contributed by atoms with E-state index >= 15 is 0 Å². The van der Waals surface area contributed by atoms with Crippen LogP contribution in [0.15, 0.2) is 66.7 Å². The molecule has 0 spiro atoms. The summed E-state index contributed by atoms with van der Waals surface area (Å²) in [6.07, 6.45) is 1.36. The van der Waals surface area contributed by atoms with Gasteiger partial charge < -0.3 is 15.3 Å². The lowest BCUT2D eigenvalue weighted by Gasteiger charge is -2.39. The molecule has 3 aromatic carbocycles. The average molecular weight is 513 g/mol. The third-order valence-electron chi connectivity index (χ3n) is 7.14. The van der Waals surface area contributed by atoms with Gasteiger partial charge in [0.25, 0.3) is 0 Å². The second-order valence-corrected chi connectivity index (χ2v) is 9.50. The summed E-state index contributed by atoms with van der Waals surface area (Å²) in [6, 6.07) is 21.5. The fourth-order valence-electron chi connectivity index (χ4n) is 5.20. The van der Waals surface area contributed by atoms with Crippen LogP contribution in [0.1, 0.15) is 55.7 Å². The maximum atomic E-state index is 14.1. The first-order chi connectivity index (χ1) is 16.9. The number of rotatable bonds is 9. The third-order valence-corrected chi connectivity index (χ3v) is 7.14. The molecule has 0 aliphatic carbocycles. The van der Waals surface area contributed by atoms with Crippen LogP contribution in [-0.2, 0) is 9.59 Å². The number of hydrogen-bond donors (Lipinski definition) is 2. The maximum Gasteiger partial charge on any atom is 0.303 e. The summed E-state index contributed by atoms with van der Waals surface area (Å²) in [5.41, 5.74) is 2.15. The van der Waals surface area contributed by atoms with Crippen LogP contribution in [0.5, 0.6) is 0 Å². The molecule has 3 aromatic rings. The van der Waals surface area contributed by atoms with Crippen LogP contribution in [0.2, 0.25) is 0 Å². The van der Waals surface area contributed by atoms with Gasteiger partial charge in [-0.15, -0.1) is 12.4 Å². The van der Waals surface area contributed by atoms with Crippen molar-refractivity contribution < 1.29 is 19.1 Å². The minimum atomic E-state index is -0.888. The van der Waals surface area contributed by atoms with Crippen LogP contribution in [0.4, 0.5) is 4.39 Å². The minimum absolute atomic E-state index is 0. The Morgan fingerprint density at radius 2 is 1.83 bits per heavy atom. The molecule has 4 rings (SSSR count). The molecule has 7 heteroatoms. The van der Waals surface area contributed by atoms with Crippen LogP contribution in [0.3, 0.4) is 0 Å². The minimum Gasteiger partial charge on any atom is -0.481 e. The molecule has 1 amide bonds. The smallest absolute Gasteiger partial charge is 0.303 e. The van der Waals surface area contributed by atoms with Gasteiger partial charge >= 0.3 is 5.97 Å². The molecule has 1 saturated heterocycles. The summed E-state index contributed by atoms with van der Waals surface area (Å²) in [5, 5.41) is 15.0. The lowest BCUT2D eigenvalue weighted by atomic mass is 9.80. The Kier molecular flexibility index (Phi) is 9.85. The van der Waals surface area contributed by atoms with Gasteiger partial charge in [0.1, 0.15) is 5.82 Å². The summed E-state index contributed by atoms with van der Waals surface area (Å²) in [4.78, 5) is 25.4. The van der Waals surface area contributed by atoms with Crippen molar-refractivity contribution in [1.29, 1.82) is 0 Å². The molecule has 192 valence electrons. The molecule has 0 radical (unpaired) electrons. The van der Waals surface area contributed by atoms with Gasteiger partial charge in [0.05, 0.1) is 0 Å². The molecule has 5 nitrogen and oxygen atoms in total. The van der Waals surface area contributed by atoms with Crippen LogP contribution in [0.25, 0.3) is 10.8 Å². The zero-order valence-corrected chi connectivity index (χ0v) is 21.3. The summed E-state index contributed by atoms with van der Waals surface area (Å²) in [6.45, 7) is 4.07. The number of hydrogen-bond acceptors (Lipinski definition) is 3. The van der Waals surface area contributed by atoms with Crippen LogP contribution < -0.4 is 5.32 Å². The SMILES string of the molecule is C[C@@H](NCC1CCN(C(=O)CCCC(=O)O)CC1c1cccc(F)c1)c1cccc2ccccc12.Cl. The zero-order valence-electron chi connectivity index (χ0n) is 20.5. The van der Waals surface area contributed by atoms with Crippen molar-refractivity contribution in [2.45, 2.75) is 44.6 Å². The Hall–Kier alpha value is -2.96. The fourth-order valence-corrected chi connectivity index (χ4v) is 5.20. The Labute approximate surface area is 218 Å². The first-order valence-corrected chi connectivity index (χ1v) is 12.4. The molecule has 1 aliphatic rings. The van der Waals surface area contributed by atoms with E-state index in [0.717, 1.165) is 18.5 Å². The molecule has 2 unspecified atom stereocenters. The monoisotopic (exact) mass is 512 g/mol. The number of carboxylic acid groups (broad SMARTS) is 1. The summed E-state index contributed by atoms with van der Waals surface area (Å²) >= 11 is 0. The van der Waals surface area contributed by atoms with Crippen molar-refractivity contribution in [1.82, 2.24) is 10.2 Å². The van der Waals surface area contributed by atoms with Crippen LogP contribution in [-0.4, -0.2) is 41.5 Å². The van der Waals surface area contributed by atoms with E-state index in [9.17, 15) is 14.0 Å². The normalized spacial score (nSPS) is 18.4. The van der Waals surface area contributed by atoms with Gasteiger partial charge in [-0.2, -0.15) is 0 Å². The molecule has 1 fully saturated rings. The summed E-state index contributed by atoms with van der Waals surface area (Å²) < 4.78 is 14.1. The lowest BCUT2D eigenvalue weighted by molar-refractivity contribution is -0.137. The van der Waals surface area contributed by atoms with Crippen molar-refractivity contribution >= 4 is 35.1 Å². The summed E-state index contributed by atoms with van der Waals surface area (Å²) in [5.74, 6) is -0.931. The van der Waals surface area contributed by atoms with E-state index in [1.807, 2.05) is 17.0 Å². The van der Waals surface area contributed by atoms with Gasteiger partial charge in [0.15, 0.2) is 0 Å². The molecular formula is C29H34ClFN2O3. The van der Waals surface area contributed by atoms with Crippen LogP contribution in [0, 0.1) is 11.7 Å². The number of carbonyl (C=O) groups is 2. The highest BCUT2D eigenvalue weighted by atomic mass is 35.5. The number of nitrogens with zero attached hydrogens (tertiary/aromatic N) is 1. The number of likely N-dealkylation sites (tertiary alicyclic amines) is 1. The van der Waals surface area contributed by atoms with E-state index < -0.39 is 5.97 Å². The number of carbonyl (C=O) groups excluding carboxylic acids is 1. The largest absolute Gasteiger partial charge is 0.481 e. The first-order valence-electron chi connectivity index (χ1n) is 12.4. The predicted octanol–water partition coefficient (Wildman–Crippen LogP) is 5.94. The van der Waals surface area contributed by atoms with Crippen molar-refractivity contribution in [3.05, 3.63) is 83.7 Å². The number of aliphatic carboxylic acids is 1. The topological polar surface area (TPSA) is 69.6 Å². The van der Waals surface area contributed by atoms with Gasteiger partial charge in [-0.25, -0.2) is 4.39 Å². The number of amides is 1. The first kappa shape index (κ1) is 27.6. The number of piperidine rings is 1. The summed E-state index contributed by atoms with van der Waals surface area (Å²) in [7, 11) is 0. The van der Waals surface area contributed by atoms with Gasteiger partial charge in [0, 0.05) is 37.9 Å². The molecular weight excluding hydrogens is 479 g/mol. The van der Waals surface area contributed by atoms with E-state index in [2.05, 4.69) is 48.6 Å². The van der Waals surface area contributed by atoms with E-state index in [1.165, 1.54) is 22.4 Å². The maximum absolute atomic E-state index is 14.1. The Bertz CT molecular complexity index is 1180. The molecule has 0 saturated carbocycles. The average Bonchev–Trinajstić information content (AvgIpc) is 2.86. The predicted molar refractivity (Wildman–Crippen MR) is 143 cm³/mol. The number of halogens is 2. The molecule has 2 N–H and O–H groups in total. The van der Waals surface area contributed by atoms with E-state index in [4.69, 9.17) is 5.11 Å². The van der Waals surface area contributed by atoms with Gasteiger partial charge in [0.2, 0.25) is 5.91 Å². The third kappa shape index (κ3) is 6.83. The van der Waals surface area contributed by atoms with Crippen molar-refractivity contribution in [2.24, 2.45) is 5.92 Å². The number of nitrogens with one attached hydrogen (secondary N) is 1. The van der Waals surface area contributed by atoms with E-state index in [0.29, 0.717) is 19.5 Å². The molecule has 0 aromatic heterocycles. The van der Waals surface area contributed by atoms with E-state index in [1.54, 1.807) is 12.1 Å². The highest BCUT2D eigenvalue weighted by molar-refractivity contribution is 5.86. The molecule has 36 heavy (non-hydrogen) atoms. The number of fused-ring (bicyclic) bond motifs is 1. The molecule has 0 bridgehead atoms. The highest BCUT2D eigenvalue weighted by Gasteiger charge is 2.32. The van der Waals surface area contributed by atoms with Crippen molar-refractivity contribution in [3.63, 3.8) is 0 Å². The van der Waals surface area contributed by atoms with Gasteiger partial charge in [-0.1, -0.05) is 54.6 Å². The second-order valence-electron chi connectivity index (χ2n) is 9.50. The Morgan fingerprint density at radius 3 is 2.61 bits per heavy atom. The molecule has 1 heterocycles. The fraction of sp³-hybridized carbons (Fsp3) is 0.379. The van der Waals surface area contributed by atoms with Crippen LogP contribution >= 0.6 is 12.4 Å². The Morgan fingerprint density at radius 1 is 1.08 bits per heavy atom. The molecule has 3 atom stereocenters. The number of benzene rings is 3. The molecule has 1 aliphatic heterocycles. The van der Waals surface area contributed by atoms with Gasteiger partial charge in [-0.3, -0.25) is 9.59 Å². The quantitative estimate of drug-likeness (QED) is 0.372. The number of carboxylic acids is 1. The lowest BCUT2D eigenvalue weighted by Crippen LogP contribution is -2.45. The standard InChI is InChI=1S/C29H33FN2O3.ClH/c1-20(25-12-5-8-21-7-2-3-11-26(21)25)31-18-23-15-16-32(28(33)13-6-14-29(34)35)19-27(23)22-9-4-10-24(30)17-22;/h2-5,7-12,17,20,23,27,31H,6,13-16,18-19H2,1H3,(H,34,35);1H/t20-,23?,27?;/m1./s1. The Balaban J connectivity index is 0.00000361.